The molecule has 146 valence electrons. The second kappa shape index (κ2) is 9.07. The van der Waals surface area contributed by atoms with Gasteiger partial charge in [0, 0.05) is 19.1 Å². The molecule has 0 bridgehead atoms. The number of furan rings is 1. The molecule has 1 amide bonds. The third kappa shape index (κ3) is 4.82. The third-order valence-electron chi connectivity index (χ3n) is 5.59. The zero-order chi connectivity index (χ0) is 19.4. The zero-order valence-corrected chi connectivity index (χ0v) is 18.1. The summed E-state index contributed by atoms with van der Waals surface area (Å²) in [6.45, 7) is 5.11. The van der Waals surface area contributed by atoms with Crippen molar-refractivity contribution < 1.29 is 9.21 Å². The summed E-state index contributed by atoms with van der Waals surface area (Å²) in [6.07, 6.45) is 6.64. The van der Waals surface area contributed by atoms with E-state index >= 15 is 0 Å². The molecular weight excluding hydrogens is 404 g/mol. The van der Waals surface area contributed by atoms with Gasteiger partial charge in [0.2, 0.25) is 0 Å². The fraction of sp³-hybridized carbons (Fsp3) is 0.500. The summed E-state index contributed by atoms with van der Waals surface area (Å²) in [5, 5.41) is 3.06. The Kier molecular flexibility index (Phi) is 6.77. The van der Waals surface area contributed by atoms with Crippen molar-refractivity contribution in [3.05, 3.63) is 56.9 Å². The van der Waals surface area contributed by atoms with Crippen LogP contribution in [0.5, 0.6) is 0 Å². The molecule has 5 heteroatoms. The Bertz CT molecular complexity index is 794. The van der Waals surface area contributed by atoms with E-state index in [4.69, 9.17) is 4.42 Å². The molecule has 1 N–H and O–H groups in total. The van der Waals surface area contributed by atoms with E-state index in [9.17, 15) is 4.79 Å². The van der Waals surface area contributed by atoms with Crippen LogP contribution in [0.2, 0.25) is 0 Å². The smallest absolute Gasteiger partial charge is 0.256 e. The molecule has 27 heavy (non-hydrogen) atoms. The van der Waals surface area contributed by atoms with Gasteiger partial charge in [0.15, 0.2) is 0 Å². The van der Waals surface area contributed by atoms with Crippen molar-refractivity contribution in [1.29, 1.82) is 0 Å². The van der Waals surface area contributed by atoms with E-state index in [0.717, 1.165) is 16.8 Å². The molecule has 1 fully saturated rings. The van der Waals surface area contributed by atoms with E-state index in [-0.39, 0.29) is 5.91 Å². The van der Waals surface area contributed by atoms with Gasteiger partial charge in [-0.3, -0.25) is 9.69 Å². The van der Waals surface area contributed by atoms with Gasteiger partial charge < -0.3 is 9.73 Å². The van der Waals surface area contributed by atoms with Gasteiger partial charge in [0.25, 0.3) is 5.91 Å². The van der Waals surface area contributed by atoms with Crippen LogP contribution in [0.15, 0.2) is 33.2 Å². The van der Waals surface area contributed by atoms with Crippen molar-refractivity contribution in [2.75, 3.05) is 7.05 Å². The first-order valence-corrected chi connectivity index (χ1v) is 10.6. The highest BCUT2D eigenvalue weighted by molar-refractivity contribution is 9.10. The number of nitrogens with zero attached hydrogens (tertiary/aromatic N) is 1. The Labute approximate surface area is 170 Å². The number of hydrogen-bond acceptors (Lipinski definition) is 3. The fourth-order valence-corrected chi connectivity index (χ4v) is 4.52. The van der Waals surface area contributed by atoms with Crippen LogP contribution in [0.3, 0.4) is 0 Å². The molecule has 1 heterocycles. The van der Waals surface area contributed by atoms with E-state index in [0.29, 0.717) is 23.9 Å². The molecule has 0 saturated heterocycles. The minimum Gasteiger partial charge on any atom is -0.465 e. The van der Waals surface area contributed by atoms with Crippen molar-refractivity contribution in [2.24, 2.45) is 0 Å². The lowest BCUT2D eigenvalue weighted by Crippen LogP contribution is -2.33. The topological polar surface area (TPSA) is 45.5 Å². The lowest BCUT2D eigenvalue weighted by Gasteiger charge is -2.31. The Balaban J connectivity index is 1.66. The standard InChI is InChI=1S/C22H29BrN2O2/c1-15-20(21(23)16(2)27-15)22(26)24-13-17-9-7-8-10-18(17)14-25(3)19-11-5-4-6-12-19/h7-10,19H,4-6,11-14H2,1-3H3,(H,24,26). The minimum absolute atomic E-state index is 0.105. The van der Waals surface area contributed by atoms with Crippen LogP contribution in [-0.2, 0) is 13.1 Å². The second-order valence-electron chi connectivity index (χ2n) is 7.56. The zero-order valence-electron chi connectivity index (χ0n) is 16.5. The first-order valence-electron chi connectivity index (χ1n) is 9.78. The van der Waals surface area contributed by atoms with Gasteiger partial charge in [0.05, 0.1) is 10.0 Å². The molecule has 4 nitrogen and oxygen atoms in total. The van der Waals surface area contributed by atoms with Crippen molar-refractivity contribution in [1.82, 2.24) is 10.2 Å². The van der Waals surface area contributed by atoms with Crippen LogP contribution >= 0.6 is 15.9 Å². The van der Waals surface area contributed by atoms with Gasteiger partial charge in [-0.05, 0) is 60.8 Å². The molecule has 1 aromatic carbocycles. The van der Waals surface area contributed by atoms with E-state index < -0.39 is 0 Å². The molecule has 0 atom stereocenters. The summed E-state index contributed by atoms with van der Waals surface area (Å²) in [4.78, 5) is 15.1. The fourth-order valence-electron chi connectivity index (χ4n) is 3.98. The molecule has 0 unspecified atom stereocenters. The van der Waals surface area contributed by atoms with Crippen molar-refractivity contribution in [2.45, 2.75) is 65.1 Å². The number of carbonyl (C=O) groups is 1. The second-order valence-corrected chi connectivity index (χ2v) is 8.35. The number of rotatable bonds is 6. The molecular formula is C22H29BrN2O2. The Hall–Kier alpha value is -1.59. The van der Waals surface area contributed by atoms with Gasteiger partial charge in [-0.2, -0.15) is 0 Å². The van der Waals surface area contributed by atoms with E-state index in [2.05, 4.69) is 51.4 Å². The SMILES string of the molecule is Cc1oc(C)c(C(=O)NCc2ccccc2CN(C)C2CCCCC2)c1Br. The maximum Gasteiger partial charge on any atom is 0.256 e. The largest absolute Gasteiger partial charge is 0.465 e. The average molecular weight is 433 g/mol. The Morgan fingerprint density at radius 3 is 2.44 bits per heavy atom. The highest BCUT2D eigenvalue weighted by Crippen LogP contribution is 2.27. The van der Waals surface area contributed by atoms with Crippen LogP contribution in [0.1, 0.15) is 65.1 Å². The van der Waals surface area contributed by atoms with E-state index in [1.54, 1.807) is 0 Å². The van der Waals surface area contributed by atoms with Gasteiger partial charge in [0.1, 0.15) is 11.5 Å². The molecule has 1 aliphatic carbocycles. The number of halogens is 1. The number of aryl methyl sites for hydroxylation is 2. The van der Waals surface area contributed by atoms with Crippen molar-refractivity contribution >= 4 is 21.8 Å². The first-order chi connectivity index (χ1) is 13.0. The number of nitrogens with one attached hydrogen (secondary N) is 1. The molecule has 0 spiro atoms. The molecule has 1 saturated carbocycles. The number of hydrogen-bond donors (Lipinski definition) is 1. The first kappa shape index (κ1) is 20.2. The third-order valence-corrected chi connectivity index (χ3v) is 6.54. The molecule has 0 aliphatic heterocycles. The summed E-state index contributed by atoms with van der Waals surface area (Å²) < 4.78 is 6.29. The van der Waals surface area contributed by atoms with Crippen molar-refractivity contribution in [3.8, 4) is 0 Å². The highest BCUT2D eigenvalue weighted by Gasteiger charge is 2.21. The van der Waals surface area contributed by atoms with Crippen LogP contribution in [-0.4, -0.2) is 23.9 Å². The quantitative estimate of drug-likeness (QED) is 0.668. The predicted molar refractivity (Wildman–Crippen MR) is 112 cm³/mol. The van der Waals surface area contributed by atoms with Gasteiger partial charge in [-0.25, -0.2) is 0 Å². The van der Waals surface area contributed by atoms with Gasteiger partial charge in [-0.1, -0.05) is 43.5 Å². The maximum absolute atomic E-state index is 12.6. The average Bonchev–Trinajstić information content (AvgIpc) is 2.93. The number of benzene rings is 1. The predicted octanol–water partition coefficient (Wildman–Crippen LogP) is 5.35. The maximum atomic E-state index is 12.6. The molecule has 1 aromatic heterocycles. The van der Waals surface area contributed by atoms with E-state index in [1.807, 2.05) is 19.9 Å². The summed E-state index contributed by atoms with van der Waals surface area (Å²) >= 11 is 3.46. The summed E-state index contributed by atoms with van der Waals surface area (Å²) in [7, 11) is 2.22. The van der Waals surface area contributed by atoms with Gasteiger partial charge in [-0.15, -0.1) is 0 Å². The highest BCUT2D eigenvalue weighted by atomic mass is 79.9. The number of carbonyl (C=O) groups excluding carboxylic acids is 1. The van der Waals surface area contributed by atoms with Crippen molar-refractivity contribution in [3.63, 3.8) is 0 Å². The summed E-state index contributed by atoms with van der Waals surface area (Å²) in [6, 6.07) is 9.06. The van der Waals surface area contributed by atoms with Crippen LogP contribution in [0, 0.1) is 13.8 Å². The minimum atomic E-state index is -0.105. The summed E-state index contributed by atoms with van der Waals surface area (Å²) in [5.74, 6) is 1.26. The Morgan fingerprint density at radius 2 is 1.81 bits per heavy atom. The van der Waals surface area contributed by atoms with E-state index in [1.165, 1.54) is 43.2 Å². The van der Waals surface area contributed by atoms with Crippen LogP contribution < -0.4 is 5.32 Å². The van der Waals surface area contributed by atoms with Gasteiger partial charge >= 0.3 is 0 Å². The number of amides is 1. The van der Waals surface area contributed by atoms with Crippen LogP contribution in [0.4, 0.5) is 0 Å². The molecule has 2 aromatic rings. The molecule has 3 rings (SSSR count). The molecule has 1 aliphatic rings. The molecule has 0 radical (unpaired) electrons. The summed E-state index contributed by atoms with van der Waals surface area (Å²) in [5.41, 5.74) is 3.04. The monoisotopic (exact) mass is 432 g/mol. The lowest BCUT2D eigenvalue weighted by molar-refractivity contribution is 0.0948. The van der Waals surface area contributed by atoms with Crippen LogP contribution in [0.25, 0.3) is 0 Å². The lowest BCUT2D eigenvalue weighted by atomic mass is 9.94. The Morgan fingerprint density at radius 1 is 1.15 bits per heavy atom. The normalized spacial score (nSPS) is 15.3.